The number of aromatic nitrogens is 2. The minimum absolute atomic E-state index is 0.0192. The summed E-state index contributed by atoms with van der Waals surface area (Å²) in [6.45, 7) is 3.07. The lowest BCUT2D eigenvalue weighted by atomic mass is 9.81. The number of benzene rings is 1. The average Bonchev–Trinajstić information content (AvgIpc) is 3.87. The molecule has 3 heterocycles. The summed E-state index contributed by atoms with van der Waals surface area (Å²) in [6, 6.07) is 2.45. The van der Waals surface area contributed by atoms with Crippen molar-refractivity contribution in [2.45, 2.75) is 83.3 Å². The van der Waals surface area contributed by atoms with Gasteiger partial charge in [-0.25, -0.2) is 9.37 Å². The van der Waals surface area contributed by atoms with Crippen molar-refractivity contribution in [1.29, 1.82) is 0 Å². The Labute approximate surface area is 281 Å². The summed E-state index contributed by atoms with van der Waals surface area (Å²) >= 11 is 0. The Hall–Kier alpha value is -4.53. The predicted octanol–water partition coefficient (Wildman–Crippen LogP) is 1.79. The lowest BCUT2D eigenvalue weighted by Gasteiger charge is -2.31. The molecule has 3 aromatic rings. The number of ether oxygens (including phenoxy) is 2. The number of hydrogen-bond acceptors (Lipinski definition) is 9. The molecular weight excluding hydrogens is 637 g/mol. The van der Waals surface area contributed by atoms with E-state index in [4.69, 9.17) is 14.5 Å². The highest BCUT2D eigenvalue weighted by atomic mass is 19.1. The van der Waals surface area contributed by atoms with Crippen molar-refractivity contribution in [2.24, 2.45) is 5.92 Å². The second-order valence-corrected chi connectivity index (χ2v) is 12.8. The van der Waals surface area contributed by atoms with Gasteiger partial charge in [-0.2, -0.15) is 0 Å². The number of fused-ring (bicyclic) bond motifs is 4. The van der Waals surface area contributed by atoms with Gasteiger partial charge in [0.05, 0.1) is 42.6 Å². The summed E-state index contributed by atoms with van der Waals surface area (Å²) in [5, 5.41) is 20.0. The molecule has 3 atom stereocenters. The highest BCUT2D eigenvalue weighted by Gasteiger charge is 2.41. The Kier molecular flexibility index (Phi) is 9.65. The number of methoxy groups -OCH3 is 1. The van der Waals surface area contributed by atoms with Crippen LogP contribution in [0.5, 0.6) is 0 Å². The summed E-state index contributed by atoms with van der Waals surface area (Å²) in [5.41, 5.74) is 1.89. The molecule has 3 aliphatic rings. The lowest BCUT2D eigenvalue weighted by Crippen LogP contribution is -2.43. The number of aryl methyl sites for hydroxylation is 1. The molecule has 1 aliphatic heterocycles. The standard InChI is InChI=1S/C35H40FN5O8/c1-4-19-20-8-9-25(40-33(45)32(18-6-7-18)49-17-38-28(44)12-37-16-43)30-21-13-41-27(31(21)39-26(29(20)30)11-24(19)36)10-23(35(47,5-2)15-42)22(14-48-3)34(41)46/h10-11,15-16,18,25,32,47H,4-9,12-14,17H2,1-3H3,(H,37,43)(H,38,44)(H,40,45)/t25?,32?,35-/m1/s1. The molecule has 6 rings (SSSR count). The molecule has 0 radical (unpaired) electrons. The Morgan fingerprint density at radius 1 is 1.18 bits per heavy atom. The van der Waals surface area contributed by atoms with Crippen LogP contribution >= 0.6 is 0 Å². The number of nitrogens with one attached hydrogen (secondary N) is 3. The van der Waals surface area contributed by atoms with Crippen LogP contribution in [0.1, 0.15) is 79.0 Å². The van der Waals surface area contributed by atoms with E-state index in [0.717, 1.165) is 29.4 Å². The molecule has 13 nitrogen and oxygen atoms in total. The number of halogens is 1. The maximum Gasteiger partial charge on any atom is 0.257 e. The van der Waals surface area contributed by atoms with Gasteiger partial charge in [0.2, 0.25) is 18.2 Å². The zero-order valence-electron chi connectivity index (χ0n) is 27.7. The molecule has 4 N–H and O–H groups in total. The van der Waals surface area contributed by atoms with E-state index < -0.39 is 29.2 Å². The van der Waals surface area contributed by atoms with Gasteiger partial charge in [-0.05, 0) is 67.2 Å². The normalized spacial score (nSPS) is 17.9. The molecule has 0 saturated heterocycles. The molecule has 260 valence electrons. The van der Waals surface area contributed by atoms with E-state index in [0.29, 0.717) is 60.0 Å². The number of aliphatic hydroxyl groups is 1. The van der Waals surface area contributed by atoms with Gasteiger partial charge in [-0.15, -0.1) is 0 Å². The van der Waals surface area contributed by atoms with Gasteiger partial charge < -0.3 is 35.1 Å². The topological polar surface area (TPSA) is 178 Å². The number of aldehydes is 1. The zero-order valence-corrected chi connectivity index (χ0v) is 27.7. The maximum absolute atomic E-state index is 15.5. The highest BCUT2D eigenvalue weighted by Crippen LogP contribution is 2.46. The molecule has 1 aromatic carbocycles. The minimum atomic E-state index is -1.94. The van der Waals surface area contributed by atoms with Crippen molar-refractivity contribution in [1.82, 2.24) is 25.5 Å². The van der Waals surface area contributed by atoms with E-state index in [2.05, 4.69) is 16.0 Å². The summed E-state index contributed by atoms with van der Waals surface area (Å²) in [6.07, 6.45) is 2.99. The van der Waals surface area contributed by atoms with Gasteiger partial charge in [-0.3, -0.25) is 24.0 Å². The number of rotatable bonds is 15. The third kappa shape index (κ3) is 6.13. The van der Waals surface area contributed by atoms with Crippen molar-refractivity contribution in [3.8, 4) is 11.4 Å². The van der Waals surface area contributed by atoms with Crippen molar-refractivity contribution in [3.05, 3.63) is 61.7 Å². The van der Waals surface area contributed by atoms with Gasteiger partial charge in [0.25, 0.3) is 5.56 Å². The van der Waals surface area contributed by atoms with Crippen LogP contribution in [-0.2, 0) is 60.2 Å². The van der Waals surface area contributed by atoms with E-state index in [1.807, 2.05) is 6.92 Å². The smallest absolute Gasteiger partial charge is 0.257 e. The van der Waals surface area contributed by atoms with E-state index in [1.165, 1.54) is 17.7 Å². The average molecular weight is 678 g/mol. The van der Waals surface area contributed by atoms with Gasteiger partial charge in [0.1, 0.15) is 24.3 Å². The molecule has 14 heteroatoms. The molecule has 3 amide bonds. The first-order valence-electron chi connectivity index (χ1n) is 16.6. The van der Waals surface area contributed by atoms with Crippen LogP contribution in [0.25, 0.3) is 22.3 Å². The van der Waals surface area contributed by atoms with Crippen LogP contribution in [0, 0.1) is 11.7 Å². The fraction of sp³-hybridized carbons (Fsp3) is 0.486. The summed E-state index contributed by atoms with van der Waals surface area (Å²) in [4.78, 5) is 67.3. The Bertz CT molecular complexity index is 1910. The molecule has 1 fully saturated rings. The lowest BCUT2D eigenvalue weighted by molar-refractivity contribution is -0.137. The predicted molar refractivity (Wildman–Crippen MR) is 175 cm³/mol. The summed E-state index contributed by atoms with van der Waals surface area (Å²) in [5.74, 6) is -1.23. The van der Waals surface area contributed by atoms with Crippen molar-refractivity contribution >= 4 is 35.4 Å². The molecular formula is C35H40FN5O8. The van der Waals surface area contributed by atoms with Crippen molar-refractivity contribution < 1.29 is 38.1 Å². The SMILES string of the molecule is CCc1c(F)cc2nc3c(c4c2c1CCC4NC(=O)C(OCNC(=O)CNC=O)C1CC1)Cn1c-3cc([C@](O)(C=O)CC)c(COC)c1=O. The summed E-state index contributed by atoms with van der Waals surface area (Å²) in [7, 11) is 1.42. The van der Waals surface area contributed by atoms with Crippen LogP contribution in [0.3, 0.4) is 0 Å². The molecule has 0 spiro atoms. The fourth-order valence-corrected chi connectivity index (χ4v) is 7.27. The van der Waals surface area contributed by atoms with Crippen LogP contribution in [0.2, 0.25) is 0 Å². The van der Waals surface area contributed by atoms with Gasteiger partial charge in [0.15, 0.2) is 6.29 Å². The first-order valence-corrected chi connectivity index (χ1v) is 16.6. The van der Waals surface area contributed by atoms with Crippen LogP contribution in [-0.4, -0.2) is 65.7 Å². The third-order valence-electron chi connectivity index (χ3n) is 9.92. The summed E-state index contributed by atoms with van der Waals surface area (Å²) < 4.78 is 28.2. The molecule has 0 bridgehead atoms. The largest absolute Gasteiger partial charge is 0.380 e. The number of nitrogens with zero attached hydrogens (tertiary/aromatic N) is 2. The number of pyridine rings is 2. The molecule has 49 heavy (non-hydrogen) atoms. The molecule has 2 aliphatic carbocycles. The van der Waals surface area contributed by atoms with E-state index in [9.17, 15) is 29.1 Å². The maximum atomic E-state index is 15.5. The number of carbonyl (C=O) groups is 4. The molecule has 2 aromatic heterocycles. The monoisotopic (exact) mass is 677 g/mol. The van der Waals surface area contributed by atoms with E-state index in [-0.39, 0.29) is 61.6 Å². The Balaban J connectivity index is 1.44. The van der Waals surface area contributed by atoms with Gasteiger partial charge >= 0.3 is 0 Å². The van der Waals surface area contributed by atoms with Crippen LogP contribution in [0.4, 0.5) is 4.39 Å². The second-order valence-electron chi connectivity index (χ2n) is 12.8. The number of hydrogen-bond donors (Lipinski definition) is 4. The zero-order chi connectivity index (χ0) is 35.0. The van der Waals surface area contributed by atoms with Crippen molar-refractivity contribution in [2.75, 3.05) is 20.4 Å². The van der Waals surface area contributed by atoms with Crippen LogP contribution < -0.4 is 21.5 Å². The third-order valence-corrected chi connectivity index (χ3v) is 9.92. The number of carbonyl (C=O) groups excluding carboxylic acids is 4. The highest BCUT2D eigenvalue weighted by molar-refractivity contribution is 5.94. The number of amides is 3. The Morgan fingerprint density at radius 2 is 1.96 bits per heavy atom. The van der Waals surface area contributed by atoms with E-state index >= 15 is 4.39 Å². The fourth-order valence-electron chi connectivity index (χ4n) is 7.27. The van der Waals surface area contributed by atoms with Crippen LogP contribution in [0.15, 0.2) is 16.9 Å². The first kappa shape index (κ1) is 34.3. The minimum Gasteiger partial charge on any atom is -0.380 e. The van der Waals surface area contributed by atoms with Crippen molar-refractivity contribution in [3.63, 3.8) is 0 Å². The van der Waals surface area contributed by atoms with E-state index in [1.54, 1.807) is 13.0 Å². The van der Waals surface area contributed by atoms with Gasteiger partial charge in [-0.1, -0.05) is 13.8 Å². The second kappa shape index (κ2) is 13.8. The first-order chi connectivity index (χ1) is 23.6. The Morgan fingerprint density at radius 3 is 2.61 bits per heavy atom. The molecule has 1 saturated carbocycles. The quantitative estimate of drug-likeness (QED) is 0.108. The van der Waals surface area contributed by atoms with Gasteiger partial charge in [0, 0.05) is 35.3 Å². The molecule has 2 unspecified atom stereocenters.